The minimum atomic E-state index is -1.36. The molecule has 2 heterocycles. The number of ether oxygens (including phenoxy) is 1. The Morgan fingerprint density at radius 2 is 2.00 bits per heavy atom. The molecule has 130 valence electrons. The van der Waals surface area contributed by atoms with Crippen LogP contribution in [-0.2, 0) is 25.7 Å². The summed E-state index contributed by atoms with van der Waals surface area (Å²) in [5.74, 6) is -1.55. The minimum absolute atomic E-state index is 0.0207. The van der Waals surface area contributed by atoms with Gasteiger partial charge < -0.3 is 4.74 Å². The maximum absolute atomic E-state index is 13.1. The van der Waals surface area contributed by atoms with Gasteiger partial charge in [0, 0.05) is 24.1 Å². The summed E-state index contributed by atoms with van der Waals surface area (Å²) in [5.41, 5.74) is -0.308. The van der Waals surface area contributed by atoms with Gasteiger partial charge in [0.15, 0.2) is 0 Å². The van der Waals surface area contributed by atoms with Gasteiger partial charge in [0.2, 0.25) is 5.91 Å². The third-order valence-electron chi connectivity index (χ3n) is 4.91. The molecule has 7 nitrogen and oxygen atoms in total. The molecule has 25 heavy (non-hydrogen) atoms. The molecule has 0 saturated carbocycles. The lowest BCUT2D eigenvalue weighted by Crippen LogP contribution is -2.64. The molecule has 2 aliphatic rings. The quantitative estimate of drug-likeness (QED) is 0.614. The van der Waals surface area contributed by atoms with Crippen LogP contribution in [0.4, 0.5) is 4.79 Å². The van der Waals surface area contributed by atoms with Crippen LogP contribution in [-0.4, -0.2) is 46.6 Å². The standard InChI is InChI=1S/C18H18N2O5/c1-18-14(13(11-21)10-20(18)17(24)25-2)8-15(22)19(16(18)23)9-12-6-4-3-5-7-12/h3-7,10-11,14H,8-9H2,1-2H3/t14-,18+/m1/s1. The SMILES string of the molecule is COC(=O)N1C=C(C=O)[C@H]2CC(=O)N(Cc3ccccc3)C(=O)[C@]21C. The number of likely N-dealkylation sites (tertiary alicyclic amines) is 1. The van der Waals surface area contributed by atoms with Gasteiger partial charge >= 0.3 is 6.09 Å². The first kappa shape index (κ1) is 16.9. The lowest BCUT2D eigenvalue weighted by atomic mass is 9.76. The summed E-state index contributed by atoms with van der Waals surface area (Å²) < 4.78 is 4.74. The highest BCUT2D eigenvalue weighted by molar-refractivity contribution is 6.06. The van der Waals surface area contributed by atoms with E-state index >= 15 is 0 Å². The number of carbonyl (C=O) groups excluding carboxylic acids is 4. The van der Waals surface area contributed by atoms with E-state index in [-0.39, 0.29) is 24.4 Å². The molecule has 7 heteroatoms. The number of rotatable bonds is 3. The summed E-state index contributed by atoms with van der Waals surface area (Å²) in [5, 5.41) is 0. The van der Waals surface area contributed by atoms with E-state index in [4.69, 9.17) is 4.74 Å². The number of imide groups is 1. The van der Waals surface area contributed by atoms with Gasteiger partial charge in [0.05, 0.1) is 13.7 Å². The monoisotopic (exact) mass is 342 g/mol. The summed E-state index contributed by atoms with van der Waals surface area (Å²) in [4.78, 5) is 51.4. The van der Waals surface area contributed by atoms with Crippen LogP contribution >= 0.6 is 0 Å². The minimum Gasteiger partial charge on any atom is -0.452 e. The largest absolute Gasteiger partial charge is 0.452 e. The molecule has 1 aromatic carbocycles. The highest BCUT2D eigenvalue weighted by atomic mass is 16.5. The molecule has 3 rings (SSSR count). The first-order valence-corrected chi connectivity index (χ1v) is 7.86. The molecular weight excluding hydrogens is 324 g/mol. The second-order valence-electron chi connectivity index (χ2n) is 6.26. The Kier molecular flexibility index (Phi) is 4.16. The topological polar surface area (TPSA) is 84.0 Å². The lowest BCUT2D eigenvalue weighted by Gasteiger charge is -2.44. The molecule has 2 atom stereocenters. The molecule has 1 saturated heterocycles. The number of carbonyl (C=O) groups is 4. The summed E-state index contributed by atoms with van der Waals surface area (Å²) >= 11 is 0. The predicted octanol–water partition coefficient (Wildman–Crippen LogP) is 1.49. The lowest BCUT2D eigenvalue weighted by molar-refractivity contribution is -0.159. The normalized spacial score (nSPS) is 25.5. The molecule has 0 bridgehead atoms. The third-order valence-corrected chi connectivity index (χ3v) is 4.91. The van der Waals surface area contributed by atoms with E-state index in [0.717, 1.165) is 15.4 Å². The first-order valence-electron chi connectivity index (χ1n) is 7.86. The summed E-state index contributed by atoms with van der Waals surface area (Å²) in [6, 6.07) is 9.12. The fourth-order valence-electron chi connectivity index (χ4n) is 3.48. The Morgan fingerprint density at radius 1 is 1.32 bits per heavy atom. The Labute approximate surface area is 144 Å². The molecular formula is C18H18N2O5. The molecule has 3 amide bonds. The summed E-state index contributed by atoms with van der Waals surface area (Å²) in [6.07, 6.45) is 1.12. The Hall–Kier alpha value is -2.96. The number of nitrogens with zero attached hydrogens (tertiary/aromatic N) is 2. The van der Waals surface area contributed by atoms with Gasteiger partial charge in [-0.2, -0.15) is 0 Å². The molecule has 0 N–H and O–H groups in total. The zero-order valence-corrected chi connectivity index (χ0v) is 14.0. The second kappa shape index (κ2) is 6.16. The van der Waals surface area contributed by atoms with Gasteiger partial charge in [-0.1, -0.05) is 30.3 Å². The van der Waals surface area contributed by atoms with Crippen molar-refractivity contribution in [3.8, 4) is 0 Å². The summed E-state index contributed by atoms with van der Waals surface area (Å²) in [7, 11) is 1.20. The van der Waals surface area contributed by atoms with Crippen molar-refractivity contribution in [1.82, 2.24) is 9.80 Å². The fraction of sp³-hybridized carbons (Fsp3) is 0.333. The predicted molar refractivity (Wildman–Crippen MR) is 86.9 cm³/mol. The third kappa shape index (κ3) is 2.52. The van der Waals surface area contributed by atoms with Crippen molar-refractivity contribution >= 4 is 24.2 Å². The number of benzene rings is 1. The Bertz CT molecular complexity index is 773. The first-order chi connectivity index (χ1) is 11.9. The van der Waals surface area contributed by atoms with E-state index in [0.29, 0.717) is 6.29 Å². The van der Waals surface area contributed by atoms with Gasteiger partial charge in [0.25, 0.3) is 5.91 Å². The van der Waals surface area contributed by atoms with E-state index < -0.39 is 23.5 Å². The van der Waals surface area contributed by atoms with Crippen LogP contribution in [0.25, 0.3) is 0 Å². The zero-order valence-electron chi connectivity index (χ0n) is 14.0. The van der Waals surface area contributed by atoms with Crippen LogP contribution in [0, 0.1) is 5.92 Å². The average Bonchev–Trinajstić information content (AvgIpc) is 2.92. The molecule has 0 radical (unpaired) electrons. The maximum atomic E-state index is 13.1. The van der Waals surface area contributed by atoms with Gasteiger partial charge in [-0.3, -0.25) is 24.2 Å². The van der Waals surface area contributed by atoms with Crippen molar-refractivity contribution in [2.75, 3.05) is 7.11 Å². The van der Waals surface area contributed by atoms with Crippen molar-refractivity contribution in [3.05, 3.63) is 47.7 Å². The molecule has 0 aromatic heterocycles. The van der Waals surface area contributed by atoms with Crippen molar-refractivity contribution in [1.29, 1.82) is 0 Å². The smallest absolute Gasteiger partial charge is 0.414 e. The number of hydrogen-bond acceptors (Lipinski definition) is 5. The van der Waals surface area contributed by atoms with Crippen LogP contribution in [0.3, 0.4) is 0 Å². The molecule has 0 spiro atoms. The highest BCUT2D eigenvalue weighted by Gasteiger charge is 2.59. The van der Waals surface area contributed by atoms with E-state index in [1.54, 1.807) is 6.92 Å². The Morgan fingerprint density at radius 3 is 2.60 bits per heavy atom. The van der Waals surface area contributed by atoms with E-state index in [2.05, 4.69) is 0 Å². The van der Waals surface area contributed by atoms with Crippen LogP contribution in [0.5, 0.6) is 0 Å². The molecule has 1 fully saturated rings. The Balaban J connectivity index is 1.98. The number of amides is 3. The number of piperidine rings is 1. The average molecular weight is 342 g/mol. The molecule has 2 aliphatic heterocycles. The van der Waals surface area contributed by atoms with Crippen LogP contribution < -0.4 is 0 Å². The van der Waals surface area contributed by atoms with Crippen LogP contribution in [0.15, 0.2) is 42.1 Å². The molecule has 0 unspecified atom stereocenters. The van der Waals surface area contributed by atoms with E-state index in [1.165, 1.54) is 13.3 Å². The van der Waals surface area contributed by atoms with E-state index in [1.807, 2.05) is 30.3 Å². The van der Waals surface area contributed by atoms with Gasteiger partial charge in [-0.15, -0.1) is 0 Å². The van der Waals surface area contributed by atoms with Crippen LogP contribution in [0.2, 0.25) is 0 Å². The number of aldehydes is 1. The number of fused-ring (bicyclic) bond motifs is 1. The van der Waals surface area contributed by atoms with Crippen molar-refractivity contribution in [3.63, 3.8) is 0 Å². The number of methoxy groups -OCH3 is 1. The molecule has 0 aliphatic carbocycles. The summed E-state index contributed by atoms with van der Waals surface area (Å²) in [6.45, 7) is 1.68. The van der Waals surface area contributed by atoms with E-state index in [9.17, 15) is 19.2 Å². The number of hydrogen-bond donors (Lipinski definition) is 0. The van der Waals surface area contributed by atoms with Gasteiger partial charge in [-0.25, -0.2) is 4.79 Å². The zero-order chi connectivity index (χ0) is 18.2. The van der Waals surface area contributed by atoms with Gasteiger partial charge in [-0.05, 0) is 12.5 Å². The van der Waals surface area contributed by atoms with Crippen molar-refractivity contribution in [2.45, 2.75) is 25.4 Å². The van der Waals surface area contributed by atoms with Crippen LogP contribution in [0.1, 0.15) is 18.9 Å². The maximum Gasteiger partial charge on any atom is 0.414 e. The highest BCUT2D eigenvalue weighted by Crippen LogP contribution is 2.44. The van der Waals surface area contributed by atoms with Crippen molar-refractivity contribution < 1.29 is 23.9 Å². The van der Waals surface area contributed by atoms with Crippen molar-refractivity contribution in [2.24, 2.45) is 5.92 Å². The second-order valence-corrected chi connectivity index (χ2v) is 6.26. The van der Waals surface area contributed by atoms with Gasteiger partial charge in [0.1, 0.15) is 11.8 Å². The molecule has 1 aromatic rings. The fourth-order valence-corrected chi connectivity index (χ4v) is 3.48.